The van der Waals surface area contributed by atoms with Crippen molar-refractivity contribution in [2.45, 2.75) is 18.9 Å². The molecular formula is C12H15ClN2O2. The van der Waals surface area contributed by atoms with Crippen LogP contribution in [0.5, 0.6) is 0 Å². The molecule has 1 heterocycles. The monoisotopic (exact) mass is 254 g/mol. The lowest BCUT2D eigenvalue weighted by atomic mass is 10.2. The smallest absolute Gasteiger partial charge is 0.335 e. The van der Waals surface area contributed by atoms with Crippen molar-refractivity contribution in [3.05, 3.63) is 28.8 Å². The molecule has 0 aliphatic carbocycles. The number of nitrogens with one attached hydrogen (secondary N) is 2. The maximum absolute atomic E-state index is 10.9. The first kappa shape index (κ1) is 12.2. The van der Waals surface area contributed by atoms with Gasteiger partial charge in [0, 0.05) is 23.3 Å². The number of carboxylic acids is 1. The van der Waals surface area contributed by atoms with Crippen molar-refractivity contribution in [2.24, 2.45) is 0 Å². The fraction of sp³-hybridized carbons (Fsp3) is 0.417. The first-order valence-corrected chi connectivity index (χ1v) is 6.04. The molecule has 0 bridgehead atoms. The number of hydrogen-bond acceptors (Lipinski definition) is 3. The van der Waals surface area contributed by atoms with Crippen LogP contribution in [-0.2, 0) is 0 Å². The Morgan fingerprint density at radius 2 is 2.35 bits per heavy atom. The van der Waals surface area contributed by atoms with Crippen LogP contribution in [0.3, 0.4) is 0 Å². The minimum Gasteiger partial charge on any atom is -0.478 e. The summed E-state index contributed by atoms with van der Waals surface area (Å²) in [6, 6.07) is 5.25. The second kappa shape index (κ2) is 5.38. The van der Waals surface area contributed by atoms with Crippen LogP contribution in [0.2, 0.25) is 5.02 Å². The second-order valence-electron chi connectivity index (χ2n) is 4.21. The van der Waals surface area contributed by atoms with E-state index >= 15 is 0 Å². The maximum atomic E-state index is 10.9. The van der Waals surface area contributed by atoms with Gasteiger partial charge in [0.15, 0.2) is 0 Å². The van der Waals surface area contributed by atoms with Gasteiger partial charge in [-0.1, -0.05) is 11.6 Å². The van der Waals surface area contributed by atoms with E-state index in [1.54, 1.807) is 12.1 Å². The zero-order valence-corrected chi connectivity index (χ0v) is 10.1. The summed E-state index contributed by atoms with van der Waals surface area (Å²) in [6.45, 7) is 1.85. The largest absolute Gasteiger partial charge is 0.478 e. The summed E-state index contributed by atoms with van der Waals surface area (Å²) in [5.41, 5.74) is 0.961. The summed E-state index contributed by atoms with van der Waals surface area (Å²) >= 11 is 5.87. The van der Waals surface area contributed by atoms with Gasteiger partial charge in [0.2, 0.25) is 0 Å². The lowest BCUT2D eigenvalue weighted by Crippen LogP contribution is -2.29. The Hall–Kier alpha value is -1.26. The molecule has 0 radical (unpaired) electrons. The highest BCUT2D eigenvalue weighted by molar-refractivity contribution is 6.31. The van der Waals surface area contributed by atoms with Gasteiger partial charge < -0.3 is 15.7 Å². The van der Waals surface area contributed by atoms with E-state index < -0.39 is 5.97 Å². The van der Waals surface area contributed by atoms with Gasteiger partial charge in [-0.3, -0.25) is 0 Å². The topological polar surface area (TPSA) is 61.4 Å². The molecule has 1 aromatic rings. The summed E-state index contributed by atoms with van der Waals surface area (Å²) in [5.74, 6) is -0.963. The van der Waals surface area contributed by atoms with Crippen LogP contribution < -0.4 is 10.6 Å². The van der Waals surface area contributed by atoms with Gasteiger partial charge >= 0.3 is 5.97 Å². The van der Waals surface area contributed by atoms with Crippen LogP contribution in [0.25, 0.3) is 0 Å². The minimum atomic E-state index is -0.963. The summed E-state index contributed by atoms with van der Waals surface area (Å²) in [4.78, 5) is 10.9. The number of carboxylic acid groups (broad SMARTS) is 1. The molecular weight excluding hydrogens is 240 g/mol. The van der Waals surface area contributed by atoms with Crippen molar-refractivity contribution in [1.29, 1.82) is 0 Å². The average molecular weight is 255 g/mol. The number of carbonyl (C=O) groups is 1. The Bertz CT molecular complexity index is 417. The number of rotatable bonds is 4. The van der Waals surface area contributed by atoms with Crippen molar-refractivity contribution < 1.29 is 9.90 Å². The summed E-state index contributed by atoms with van der Waals surface area (Å²) < 4.78 is 0. The van der Waals surface area contributed by atoms with E-state index in [2.05, 4.69) is 10.6 Å². The third-order valence-electron chi connectivity index (χ3n) is 2.86. The molecule has 17 heavy (non-hydrogen) atoms. The summed E-state index contributed by atoms with van der Waals surface area (Å²) in [7, 11) is 0. The van der Waals surface area contributed by atoms with E-state index in [-0.39, 0.29) is 5.56 Å². The molecule has 1 saturated heterocycles. The molecule has 92 valence electrons. The molecule has 1 aliphatic rings. The molecule has 1 fully saturated rings. The van der Waals surface area contributed by atoms with Gasteiger partial charge in [-0.25, -0.2) is 4.79 Å². The van der Waals surface area contributed by atoms with Gasteiger partial charge in [0.25, 0.3) is 0 Å². The molecule has 0 aromatic heterocycles. The molecule has 4 nitrogen and oxygen atoms in total. The van der Waals surface area contributed by atoms with E-state index in [4.69, 9.17) is 16.7 Å². The van der Waals surface area contributed by atoms with E-state index in [0.717, 1.165) is 25.2 Å². The highest BCUT2D eigenvalue weighted by Crippen LogP contribution is 2.19. The quantitative estimate of drug-likeness (QED) is 0.771. The van der Waals surface area contributed by atoms with Crippen LogP contribution in [0.1, 0.15) is 23.2 Å². The first-order valence-electron chi connectivity index (χ1n) is 5.66. The third-order valence-corrected chi connectivity index (χ3v) is 3.08. The van der Waals surface area contributed by atoms with Gasteiger partial charge in [-0.05, 0) is 37.6 Å². The van der Waals surface area contributed by atoms with Crippen LogP contribution in [-0.4, -0.2) is 30.2 Å². The highest BCUT2D eigenvalue weighted by Gasteiger charge is 2.13. The van der Waals surface area contributed by atoms with Crippen LogP contribution in [0.4, 0.5) is 5.69 Å². The fourth-order valence-corrected chi connectivity index (χ4v) is 2.22. The molecule has 0 spiro atoms. The molecule has 0 saturated carbocycles. The Morgan fingerprint density at radius 3 is 3.00 bits per heavy atom. The predicted molar refractivity (Wildman–Crippen MR) is 67.9 cm³/mol. The van der Waals surface area contributed by atoms with Crippen molar-refractivity contribution in [1.82, 2.24) is 5.32 Å². The fourth-order valence-electron chi connectivity index (χ4n) is 1.99. The molecule has 0 amide bonds. The van der Waals surface area contributed by atoms with Crippen molar-refractivity contribution in [2.75, 3.05) is 18.4 Å². The molecule has 1 unspecified atom stereocenters. The number of benzene rings is 1. The van der Waals surface area contributed by atoms with Crippen molar-refractivity contribution in [3.63, 3.8) is 0 Å². The van der Waals surface area contributed by atoms with Crippen molar-refractivity contribution in [3.8, 4) is 0 Å². The Labute approximate surface area is 105 Å². The van der Waals surface area contributed by atoms with Crippen LogP contribution in [0.15, 0.2) is 18.2 Å². The number of halogens is 1. The van der Waals surface area contributed by atoms with Crippen molar-refractivity contribution >= 4 is 23.3 Å². The van der Waals surface area contributed by atoms with E-state index in [9.17, 15) is 4.79 Å². The van der Waals surface area contributed by atoms with E-state index in [1.807, 2.05) is 0 Å². The zero-order chi connectivity index (χ0) is 12.3. The zero-order valence-electron chi connectivity index (χ0n) is 9.37. The SMILES string of the molecule is O=C(O)c1cc(Cl)cc(NCC2CCCN2)c1. The number of aromatic carboxylic acids is 1. The number of anilines is 1. The standard InChI is InChI=1S/C12H15ClN2O2/c13-9-4-8(12(16)17)5-11(6-9)15-7-10-2-1-3-14-10/h4-6,10,14-15H,1-3,7H2,(H,16,17). The average Bonchev–Trinajstić information content (AvgIpc) is 2.78. The molecule has 2 rings (SSSR count). The molecule has 1 aromatic carbocycles. The molecule has 1 atom stereocenters. The second-order valence-corrected chi connectivity index (χ2v) is 4.64. The third kappa shape index (κ3) is 3.35. The summed E-state index contributed by atoms with van der Waals surface area (Å²) in [6.07, 6.45) is 2.35. The van der Waals surface area contributed by atoms with E-state index in [0.29, 0.717) is 11.1 Å². The predicted octanol–water partition coefficient (Wildman–Crippen LogP) is 2.20. The Kier molecular flexibility index (Phi) is 3.86. The van der Waals surface area contributed by atoms with E-state index in [1.165, 1.54) is 12.5 Å². The first-order chi connectivity index (χ1) is 8.15. The van der Waals surface area contributed by atoms with Crippen LogP contribution >= 0.6 is 11.6 Å². The van der Waals surface area contributed by atoms with Gasteiger partial charge in [-0.2, -0.15) is 0 Å². The lowest BCUT2D eigenvalue weighted by Gasteiger charge is -2.13. The van der Waals surface area contributed by atoms with Crippen LogP contribution in [0, 0.1) is 0 Å². The molecule has 3 N–H and O–H groups in total. The summed E-state index contributed by atoms with van der Waals surface area (Å²) in [5, 5.41) is 15.9. The molecule has 5 heteroatoms. The number of hydrogen-bond donors (Lipinski definition) is 3. The highest BCUT2D eigenvalue weighted by atomic mass is 35.5. The lowest BCUT2D eigenvalue weighted by molar-refractivity contribution is 0.0697. The molecule has 1 aliphatic heterocycles. The normalized spacial score (nSPS) is 19.2. The van der Waals surface area contributed by atoms with Gasteiger partial charge in [0.1, 0.15) is 0 Å². The Morgan fingerprint density at radius 1 is 1.53 bits per heavy atom. The Balaban J connectivity index is 2.01. The van der Waals surface area contributed by atoms with Gasteiger partial charge in [-0.15, -0.1) is 0 Å². The minimum absolute atomic E-state index is 0.208. The maximum Gasteiger partial charge on any atom is 0.335 e. The van der Waals surface area contributed by atoms with Gasteiger partial charge in [0.05, 0.1) is 5.56 Å².